The molecule has 2 aliphatic rings. The molecule has 0 unspecified atom stereocenters. The lowest BCUT2D eigenvalue weighted by Gasteiger charge is -2.23. The van der Waals surface area contributed by atoms with Crippen LogP contribution in [0.1, 0.15) is 43.6 Å². The molecule has 0 aromatic heterocycles. The van der Waals surface area contributed by atoms with Crippen molar-refractivity contribution in [2.45, 2.75) is 34.6 Å². The summed E-state index contributed by atoms with van der Waals surface area (Å²) in [5.74, 6) is -0.450. The Bertz CT molecular complexity index is 1390. The third-order valence-corrected chi connectivity index (χ3v) is 6.67. The third-order valence-electron chi connectivity index (χ3n) is 6.67. The zero-order chi connectivity index (χ0) is 24.4. The molecule has 5 heteroatoms. The molecule has 1 aliphatic carbocycles. The van der Waals surface area contributed by atoms with E-state index in [0.717, 1.165) is 70.6 Å². The predicted octanol–water partition coefficient (Wildman–Crippen LogP) is 4.53. The van der Waals surface area contributed by atoms with Gasteiger partial charge in [0.1, 0.15) is 24.4 Å². The molecule has 0 spiro atoms. The van der Waals surface area contributed by atoms with E-state index in [1.54, 1.807) is 12.1 Å². The van der Waals surface area contributed by atoms with Gasteiger partial charge in [0.15, 0.2) is 0 Å². The van der Waals surface area contributed by atoms with Crippen molar-refractivity contribution >= 4 is 22.6 Å². The lowest BCUT2D eigenvalue weighted by molar-refractivity contribution is -0.254. The van der Waals surface area contributed by atoms with Crippen LogP contribution in [0.5, 0.6) is 0 Å². The second kappa shape index (κ2) is 9.72. The average Bonchev–Trinajstić information content (AvgIpc) is 2.84. The summed E-state index contributed by atoms with van der Waals surface area (Å²) in [4.78, 5) is 14.3. The second-order valence-electron chi connectivity index (χ2n) is 8.47. The van der Waals surface area contributed by atoms with Gasteiger partial charge in [-0.15, -0.1) is 0 Å². The van der Waals surface area contributed by atoms with Crippen molar-refractivity contribution in [3.05, 3.63) is 71.1 Å². The maximum absolute atomic E-state index is 12.0. The Morgan fingerprint density at radius 2 is 1.65 bits per heavy atom. The first-order valence-corrected chi connectivity index (χ1v) is 12.1. The highest BCUT2D eigenvalue weighted by atomic mass is 16.4. The van der Waals surface area contributed by atoms with E-state index >= 15 is 0 Å². The van der Waals surface area contributed by atoms with Crippen molar-refractivity contribution in [3.63, 3.8) is 0 Å². The Labute approximate surface area is 200 Å². The van der Waals surface area contributed by atoms with Crippen molar-refractivity contribution in [1.29, 1.82) is 0 Å². The number of aryl methyl sites for hydroxylation is 1. The number of carboxylic acids is 1. The van der Waals surface area contributed by atoms with Crippen molar-refractivity contribution < 1.29 is 14.3 Å². The van der Waals surface area contributed by atoms with Gasteiger partial charge >= 0.3 is 0 Å². The summed E-state index contributed by atoms with van der Waals surface area (Å²) in [5.41, 5.74) is 5.50. The van der Waals surface area contributed by atoms with Crippen LogP contribution in [0.2, 0.25) is 0 Å². The molecule has 2 aromatic carbocycles. The van der Waals surface area contributed by atoms with Gasteiger partial charge in [0.25, 0.3) is 0 Å². The van der Waals surface area contributed by atoms with Gasteiger partial charge in [-0.2, -0.15) is 0 Å². The SMILES string of the molecule is CCN(CC)c1ccc2c(-c3ccccc3C(=O)[O-])c3cc(C)c(=[N+](CC)CC)cc-3oc2c1. The summed E-state index contributed by atoms with van der Waals surface area (Å²) in [5, 5.41) is 14.0. The van der Waals surface area contributed by atoms with E-state index in [4.69, 9.17) is 4.42 Å². The fourth-order valence-electron chi connectivity index (χ4n) is 4.88. The normalized spacial score (nSPS) is 11.2. The lowest BCUT2D eigenvalue weighted by Crippen LogP contribution is -2.31. The topological polar surface area (TPSA) is 59.5 Å². The number of carboxylic acid groups (broad SMARTS) is 1. The number of nitrogens with zero attached hydrogens (tertiary/aromatic N) is 2. The molecule has 34 heavy (non-hydrogen) atoms. The minimum absolute atomic E-state index is 0.176. The van der Waals surface area contributed by atoms with Crippen LogP contribution in [0.25, 0.3) is 33.4 Å². The molecular formula is C29H32N2O3. The number of benzene rings is 3. The van der Waals surface area contributed by atoms with Crippen LogP contribution in [-0.4, -0.2) is 32.1 Å². The van der Waals surface area contributed by atoms with Crippen molar-refractivity contribution in [3.8, 4) is 22.5 Å². The van der Waals surface area contributed by atoms with E-state index in [-0.39, 0.29) is 5.56 Å². The highest BCUT2D eigenvalue weighted by Crippen LogP contribution is 2.42. The first kappa shape index (κ1) is 23.6. The van der Waals surface area contributed by atoms with Crippen LogP contribution < -0.4 is 19.9 Å². The summed E-state index contributed by atoms with van der Waals surface area (Å²) in [6, 6.07) is 17.4. The van der Waals surface area contributed by atoms with E-state index in [2.05, 4.69) is 68.4 Å². The van der Waals surface area contributed by atoms with Crippen molar-refractivity contribution in [2.75, 3.05) is 31.1 Å². The summed E-state index contributed by atoms with van der Waals surface area (Å²) in [7, 11) is 0. The summed E-state index contributed by atoms with van der Waals surface area (Å²) < 4.78 is 8.81. The summed E-state index contributed by atoms with van der Waals surface area (Å²) in [6.07, 6.45) is 0. The number of carbonyl (C=O) groups is 1. The molecule has 0 amide bonds. The van der Waals surface area contributed by atoms with Gasteiger partial charge in [0.05, 0.1) is 12.0 Å². The van der Waals surface area contributed by atoms with Crippen molar-refractivity contribution in [1.82, 2.24) is 4.58 Å². The number of anilines is 1. The molecule has 1 heterocycles. The fourth-order valence-corrected chi connectivity index (χ4v) is 4.88. The maximum Gasteiger partial charge on any atom is 0.206 e. The first-order valence-electron chi connectivity index (χ1n) is 12.1. The van der Waals surface area contributed by atoms with Crippen LogP contribution in [0.15, 0.2) is 59.0 Å². The number of aromatic carboxylic acids is 1. The zero-order valence-corrected chi connectivity index (χ0v) is 20.6. The van der Waals surface area contributed by atoms with Gasteiger partial charge < -0.3 is 19.2 Å². The second-order valence-corrected chi connectivity index (χ2v) is 8.47. The molecule has 0 fully saturated rings. The van der Waals surface area contributed by atoms with Crippen LogP contribution in [0, 0.1) is 6.92 Å². The van der Waals surface area contributed by atoms with Crippen LogP contribution in [0.4, 0.5) is 5.69 Å². The monoisotopic (exact) mass is 456 g/mol. The summed E-state index contributed by atoms with van der Waals surface area (Å²) >= 11 is 0. The van der Waals surface area contributed by atoms with Gasteiger partial charge in [-0.05, 0) is 58.4 Å². The standard InChI is InChI=1S/C29H32N2O3/c1-6-30(7-2)20-14-15-23-26(17-20)34-27-18-25(31(8-3)9-4)19(5)16-24(27)28(23)21-12-10-11-13-22(21)29(32)33/h10-18H,6-9H2,1-5H3. The Kier molecular flexibility index (Phi) is 6.73. The van der Waals surface area contributed by atoms with Gasteiger partial charge in [0, 0.05) is 52.5 Å². The van der Waals surface area contributed by atoms with Crippen LogP contribution >= 0.6 is 0 Å². The quantitative estimate of drug-likeness (QED) is 0.303. The highest BCUT2D eigenvalue weighted by molar-refractivity contribution is 6.07. The van der Waals surface area contributed by atoms with E-state index < -0.39 is 5.97 Å². The molecule has 0 bridgehead atoms. The van der Waals surface area contributed by atoms with E-state index in [1.807, 2.05) is 18.2 Å². The smallest absolute Gasteiger partial charge is 0.206 e. The van der Waals surface area contributed by atoms with E-state index in [0.29, 0.717) is 5.56 Å². The molecule has 1 aliphatic heterocycles. The highest BCUT2D eigenvalue weighted by Gasteiger charge is 2.22. The average molecular weight is 457 g/mol. The third kappa shape index (κ3) is 4.07. The van der Waals surface area contributed by atoms with E-state index in [1.165, 1.54) is 0 Å². The van der Waals surface area contributed by atoms with Gasteiger partial charge in [0.2, 0.25) is 5.36 Å². The summed E-state index contributed by atoms with van der Waals surface area (Å²) in [6.45, 7) is 14.2. The number of rotatable bonds is 7. The molecule has 0 radical (unpaired) electrons. The minimum atomic E-state index is -1.19. The first-order chi connectivity index (χ1) is 16.4. The number of fused-ring (bicyclic) bond motifs is 2. The molecule has 0 N–H and O–H groups in total. The molecular weight excluding hydrogens is 424 g/mol. The van der Waals surface area contributed by atoms with Gasteiger partial charge in [-0.3, -0.25) is 0 Å². The van der Waals surface area contributed by atoms with Gasteiger partial charge in [-0.1, -0.05) is 24.3 Å². The lowest BCUT2D eigenvalue weighted by atomic mass is 9.90. The Balaban J connectivity index is 2.18. The van der Waals surface area contributed by atoms with Gasteiger partial charge in [-0.25, -0.2) is 4.58 Å². The molecule has 4 rings (SSSR count). The number of hydrogen-bond donors (Lipinski definition) is 0. The van der Waals surface area contributed by atoms with E-state index in [9.17, 15) is 9.90 Å². The molecule has 0 saturated heterocycles. The van der Waals surface area contributed by atoms with Crippen LogP contribution in [-0.2, 0) is 0 Å². The Morgan fingerprint density at radius 1 is 0.941 bits per heavy atom. The van der Waals surface area contributed by atoms with Crippen LogP contribution in [0.3, 0.4) is 0 Å². The molecule has 2 aromatic rings. The Morgan fingerprint density at radius 3 is 2.29 bits per heavy atom. The predicted molar refractivity (Wildman–Crippen MR) is 137 cm³/mol. The number of carbonyl (C=O) groups excluding carboxylic acids is 1. The molecule has 0 saturated carbocycles. The Hall–Kier alpha value is -3.60. The molecule has 0 atom stereocenters. The fraction of sp³-hybridized carbons (Fsp3) is 0.310. The molecule has 5 nitrogen and oxygen atoms in total. The maximum atomic E-state index is 12.0. The zero-order valence-electron chi connectivity index (χ0n) is 20.6. The minimum Gasteiger partial charge on any atom is -0.545 e. The molecule has 176 valence electrons. The number of hydrogen-bond acceptors (Lipinski definition) is 4. The van der Waals surface area contributed by atoms with Crippen molar-refractivity contribution in [2.24, 2.45) is 0 Å². The largest absolute Gasteiger partial charge is 0.545 e.